The Morgan fingerprint density at radius 3 is 2.84 bits per heavy atom. The summed E-state index contributed by atoms with van der Waals surface area (Å²) in [7, 11) is -3.87. The first-order valence-electron chi connectivity index (χ1n) is 7.54. The molecule has 1 aromatic carbocycles. The van der Waals surface area contributed by atoms with Crippen LogP contribution < -0.4 is 19.5 Å². The summed E-state index contributed by atoms with van der Waals surface area (Å²) in [5.74, 6) is 0.408. The number of hydrogen-bond donors (Lipinski definition) is 2. The van der Waals surface area contributed by atoms with E-state index in [4.69, 9.17) is 9.47 Å². The van der Waals surface area contributed by atoms with Crippen LogP contribution >= 0.6 is 0 Å². The molecule has 1 aliphatic rings. The van der Waals surface area contributed by atoms with Gasteiger partial charge >= 0.3 is 0 Å². The monoisotopic (exact) mass is 363 g/mol. The van der Waals surface area contributed by atoms with Crippen LogP contribution in [0.5, 0.6) is 11.5 Å². The Morgan fingerprint density at radius 2 is 2.08 bits per heavy atom. The van der Waals surface area contributed by atoms with Crippen molar-refractivity contribution in [1.29, 1.82) is 0 Å². The van der Waals surface area contributed by atoms with Crippen molar-refractivity contribution >= 4 is 15.9 Å². The average molecular weight is 363 g/mol. The first-order chi connectivity index (χ1) is 12.0. The molecule has 1 amide bonds. The summed E-state index contributed by atoms with van der Waals surface area (Å²) in [6.07, 6.45) is 3.26. The number of benzene rings is 1. The predicted molar refractivity (Wildman–Crippen MR) is 88.4 cm³/mol. The van der Waals surface area contributed by atoms with Crippen LogP contribution in [0.15, 0.2) is 47.6 Å². The fourth-order valence-corrected chi connectivity index (χ4v) is 3.46. The quantitative estimate of drug-likeness (QED) is 0.786. The predicted octanol–water partition coefficient (Wildman–Crippen LogP) is 0.793. The minimum Gasteiger partial charge on any atom is -0.454 e. The van der Waals surface area contributed by atoms with E-state index in [1.54, 1.807) is 18.5 Å². The number of fused-ring (bicyclic) bond motifs is 1. The minimum absolute atomic E-state index is 0.00339. The number of carbonyl (C=O) groups excluding carboxylic acids is 1. The van der Waals surface area contributed by atoms with Crippen molar-refractivity contribution in [2.45, 2.75) is 24.4 Å². The Morgan fingerprint density at radius 1 is 1.28 bits per heavy atom. The van der Waals surface area contributed by atoms with Crippen LogP contribution in [0.3, 0.4) is 0 Å². The van der Waals surface area contributed by atoms with Crippen molar-refractivity contribution in [3.63, 3.8) is 0 Å². The highest BCUT2D eigenvalue weighted by molar-refractivity contribution is 7.89. The highest BCUT2D eigenvalue weighted by atomic mass is 32.2. The lowest BCUT2D eigenvalue weighted by atomic mass is 10.2. The summed E-state index contributed by atoms with van der Waals surface area (Å²) in [5, 5.41) is 2.66. The molecule has 9 heteroatoms. The van der Waals surface area contributed by atoms with Crippen LogP contribution in [0.1, 0.15) is 12.5 Å². The van der Waals surface area contributed by atoms with Gasteiger partial charge in [0.05, 0.1) is 10.9 Å². The first kappa shape index (κ1) is 17.2. The topological polar surface area (TPSA) is 107 Å². The lowest BCUT2D eigenvalue weighted by molar-refractivity contribution is -0.122. The van der Waals surface area contributed by atoms with Crippen molar-refractivity contribution in [1.82, 2.24) is 15.0 Å². The molecule has 1 aromatic heterocycles. The Kier molecular flexibility index (Phi) is 4.86. The molecule has 8 nitrogen and oxygen atoms in total. The molecule has 0 radical (unpaired) electrons. The van der Waals surface area contributed by atoms with E-state index in [-0.39, 0.29) is 18.2 Å². The molecule has 0 fully saturated rings. The molecule has 1 aliphatic heterocycles. The highest BCUT2D eigenvalue weighted by Gasteiger charge is 2.24. The number of nitrogens with one attached hydrogen (secondary N) is 2. The summed E-state index contributed by atoms with van der Waals surface area (Å²) >= 11 is 0. The van der Waals surface area contributed by atoms with Crippen LogP contribution in [-0.4, -0.2) is 32.1 Å². The Balaban J connectivity index is 1.62. The Labute approximate surface area is 145 Å². The lowest BCUT2D eigenvalue weighted by Crippen LogP contribution is -2.44. The molecule has 132 valence electrons. The number of aromatic nitrogens is 1. The molecular weight excluding hydrogens is 346 g/mol. The number of ether oxygens (including phenoxy) is 2. The van der Waals surface area contributed by atoms with E-state index < -0.39 is 22.0 Å². The van der Waals surface area contributed by atoms with E-state index >= 15 is 0 Å². The summed E-state index contributed by atoms with van der Waals surface area (Å²) in [5.41, 5.74) is 0.821. The summed E-state index contributed by atoms with van der Waals surface area (Å²) < 4.78 is 37.5. The number of sulfonamides is 1. The van der Waals surface area contributed by atoms with Gasteiger partial charge in [0, 0.05) is 25.0 Å². The number of rotatable bonds is 6. The first-order valence-corrected chi connectivity index (χ1v) is 9.02. The summed E-state index contributed by atoms with van der Waals surface area (Å²) in [4.78, 5) is 16.1. The van der Waals surface area contributed by atoms with Crippen molar-refractivity contribution in [3.05, 3.63) is 48.3 Å². The molecule has 0 spiro atoms. The van der Waals surface area contributed by atoms with E-state index in [0.29, 0.717) is 11.5 Å². The average Bonchev–Trinajstić information content (AvgIpc) is 3.08. The zero-order valence-electron chi connectivity index (χ0n) is 13.4. The molecule has 2 N–H and O–H groups in total. The minimum atomic E-state index is -3.87. The molecular formula is C16H17N3O5S. The second-order valence-electron chi connectivity index (χ2n) is 5.44. The van der Waals surface area contributed by atoms with Gasteiger partial charge in [0.15, 0.2) is 11.5 Å². The van der Waals surface area contributed by atoms with Crippen molar-refractivity contribution in [2.75, 3.05) is 6.79 Å². The van der Waals surface area contributed by atoms with Crippen LogP contribution in [0.2, 0.25) is 0 Å². The van der Waals surface area contributed by atoms with Crippen LogP contribution in [0.25, 0.3) is 0 Å². The fraction of sp³-hybridized carbons (Fsp3) is 0.250. The largest absolute Gasteiger partial charge is 0.454 e. The van der Waals surface area contributed by atoms with Gasteiger partial charge in [0.1, 0.15) is 0 Å². The van der Waals surface area contributed by atoms with E-state index in [1.165, 1.54) is 25.1 Å². The van der Waals surface area contributed by atoms with Crippen molar-refractivity contribution < 1.29 is 22.7 Å². The fourth-order valence-electron chi connectivity index (χ4n) is 2.24. The van der Waals surface area contributed by atoms with Crippen molar-refractivity contribution in [3.8, 4) is 11.5 Å². The molecule has 0 saturated heterocycles. The zero-order chi connectivity index (χ0) is 17.9. The van der Waals surface area contributed by atoms with Gasteiger partial charge in [-0.3, -0.25) is 9.78 Å². The molecule has 0 saturated carbocycles. The van der Waals surface area contributed by atoms with Crippen LogP contribution in [0, 0.1) is 0 Å². The van der Waals surface area contributed by atoms with Crippen LogP contribution in [-0.2, 0) is 21.4 Å². The Hall–Kier alpha value is -2.65. The van der Waals surface area contributed by atoms with E-state index in [1.807, 2.05) is 6.07 Å². The second-order valence-corrected chi connectivity index (χ2v) is 7.15. The lowest BCUT2D eigenvalue weighted by Gasteiger charge is -2.14. The third-order valence-electron chi connectivity index (χ3n) is 3.57. The zero-order valence-corrected chi connectivity index (χ0v) is 14.2. The molecule has 25 heavy (non-hydrogen) atoms. The smallest absolute Gasteiger partial charge is 0.241 e. The normalized spacial score (nSPS) is 14.1. The van der Waals surface area contributed by atoms with Gasteiger partial charge < -0.3 is 14.8 Å². The summed E-state index contributed by atoms with van der Waals surface area (Å²) in [6.45, 7) is 1.80. The van der Waals surface area contributed by atoms with Gasteiger partial charge in [-0.2, -0.15) is 4.72 Å². The van der Waals surface area contributed by atoms with Crippen LogP contribution in [0.4, 0.5) is 0 Å². The van der Waals surface area contributed by atoms with Gasteiger partial charge in [0.2, 0.25) is 22.7 Å². The maximum Gasteiger partial charge on any atom is 0.241 e. The number of hydrogen-bond acceptors (Lipinski definition) is 6. The third-order valence-corrected chi connectivity index (χ3v) is 5.11. The second kappa shape index (κ2) is 7.08. The van der Waals surface area contributed by atoms with Gasteiger partial charge in [-0.15, -0.1) is 0 Å². The van der Waals surface area contributed by atoms with Gasteiger partial charge in [-0.1, -0.05) is 6.07 Å². The SMILES string of the molecule is C[C@H](NS(=O)(=O)c1ccc2c(c1)OCO2)C(=O)NCc1cccnc1. The van der Waals surface area contributed by atoms with Crippen molar-refractivity contribution in [2.24, 2.45) is 0 Å². The molecule has 2 aromatic rings. The molecule has 0 unspecified atom stereocenters. The maximum absolute atomic E-state index is 12.4. The van der Waals surface area contributed by atoms with Gasteiger partial charge in [-0.05, 0) is 30.7 Å². The maximum atomic E-state index is 12.4. The molecule has 0 bridgehead atoms. The number of nitrogens with zero attached hydrogens (tertiary/aromatic N) is 1. The molecule has 2 heterocycles. The highest BCUT2D eigenvalue weighted by Crippen LogP contribution is 2.33. The number of pyridine rings is 1. The summed E-state index contributed by atoms with van der Waals surface area (Å²) in [6, 6.07) is 6.92. The van der Waals surface area contributed by atoms with E-state index in [9.17, 15) is 13.2 Å². The van der Waals surface area contributed by atoms with E-state index in [2.05, 4.69) is 15.0 Å². The van der Waals surface area contributed by atoms with Gasteiger partial charge in [-0.25, -0.2) is 8.42 Å². The third kappa shape index (κ3) is 4.06. The molecule has 0 aliphatic carbocycles. The Bertz CT molecular complexity index is 871. The standard InChI is InChI=1S/C16H17N3O5S/c1-11(16(20)18-9-12-3-2-6-17-8-12)19-25(21,22)13-4-5-14-15(7-13)24-10-23-14/h2-8,11,19H,9-10H2,1H3,(H,18,20)/t11-/m0/s1. The van der Waals surface area contributed by atoms with E-state index in [0.717, 1.165) is 5.56 Å². The number of amides is 1. The molecule has 1 atom stereocenters. The number of carbonyl (C=O) groups is 1. The van der Waals surface area contributed by atoms with Gasteiger partial charge in [0.25, 0.3) is 0 Å². The molecule has 3 rings (SSSR count).